The minimum Gasteiger partial charge on any atom is -0.391 e. The number of nitrogens with one attached hydrogen (secondary N) is 1. The highest BCUT2D eigenvalue weighted by molar-refractivity contribution is 7.90. The van der Waals surface area contributed by atoms with Crippen molar-refractivity contribution in [3.63, 3.8) is 0 Å². The van der Waals surface area contributed by atoms with E-state index < -0.39 is 53.4 Å². The lowest BCUT2D eigenvalue weighted by molar-refractivity contribution is 0.0651. The van der Waals surface area contributed by atoms with Crippen molar-refractivity contribution in [3.8, 4) is 0 Å². The number of aromatic nitrogens is 6. The molecule has 20 heteroatoms. The van der Waals surface area contributed by atoms with Crippen LogP contribution in [0.4, 0.5) is 11.6 Å². The second-order valence-electron chi connectivity index (χ2n) is 17.5. The van der Waals surface area contributed by atoms with Crippen molar-refractivity contribution in [1.29, 1.82) is 0 Å². The van der Waals surface area contributed by atoms with E-state index in [1.165, 1.54) is 23.2 Å². The van der Waals surface area contributed by atoms with Crippen LogP contribution in [0, 0.1) is 30.6 Å². The van der Waals surface area contributed by atoms with E-state index in [-0.39, 0.29) is 53.3 Å². The minimum absolute atomic E-state index is 0.0142. The van der Waals surface area contributed by atoms with Crippen LogP contribution < -0.4 is 9.80 Å². The van der Waals surface area contributed by atoms with Gasteiger partial charge in [0.05, 0.1) is 27.5 Å². The Kier molecular flexibility index (Phi) is 12.0. The van der Waals surface area contributed by atoms with Gasteiger partial charge in [-0.3, -0.25) is 4.55 Å². The molecule has 2 aliphatic carbocycles. The number of sulfonamides is 1. The maximum Gasteiger partial charge on any atom is 0.270 e. The van der Waals surface area contributed by atoms with Gasteiger partial charge in [-0.15, -0.1) is 0 Å². The summed E-state index contributed by atoms with van der Waals surface area (Å²) in [6, 6.07) is 10.3. The molecule has 4 atom stereocenters. The van der Waals surface area contributed by atoms with Crippen LogP contribution in [-0.2, 0) is 30.2 Å². The van der Waals surface area contributed by atoms with Gasteiger partial charge in [0.15, 0.2) is 5.65 Å². The van der Waals surface area contributed by atoms with Gasteiger partial charge in [-0.05, 0) is 100 Å². The number of aliphatic hydroxyl groups is 1. The summed E-state index contributed by atoms with van der Waals surface area (Å²) in [7, 11) is -8.50. The highest BCUT2D eigenvalue weighted by Crippen LogP contribution is 2.40. The molecule has 5 aromatic rings. The molecule has 4 aromatic heterocycles. The topological polar surface area (TPSA) is 225 Å². The van der Waals surface area contributed by atoms with Crippen LogP contribution in [0.2, 0.25) is 0 Å². The average Bonchev–Trinajstić information content (AvgIpc) is 3.99. The van der Waals surface area contributed by atoms with Crippen molar-refractivity contribution in [1.82, 2.24) is 33.2 Å². The molecular weight excluding hydrogens is 843 g/mol. The van der Waals surface area contributed by atoms with Crippen molar-refractivity contribution >= 4 is 63.9 Å². The Hall–Kier alpha value is -4.21. The van der Waals surface area contributed by atoms with Gasteiger partial charge in [0.2, 0.25) is 10.0 Å². The highest BCUT2D eigenvalue weighted by Gasteiger charge is 2.49. The number of rotatable bonds is 13. The standard InChI is InChI=1S/C41H55N9O8S3/c1-26-5-15-32(16-6-26)60(54,55)50-20-18-34-40(45-25-46-41(34)50)48(4)31-13-9-29(10-14-31)37(61(56,57)58)36(51)35-22-49(21-27(35)2)59(52,53)23-28-7-11-30(12-8-28)47(3)39-33-17-19-42-38(33)43-24-44-39/h5-6,15-20,24-25,27-31,35-37,51H,7-14,21-23H2,1-4H3,(H,42,43,44)(H,56,57,58). The summed E-state index contributed by atoms with van der Waals surface area (Å²) in [4.78, 5) is 25.0. The first-order valence-electron chi connectivity index (χ1n) is 20.9. The molecule has 0 radical (unpaired) electrons. The Morgan fingerprint density at radius 2 is 1.39 bits per heavy atom. The normalized spacial score (nSPS) is 25.5. The van der Waals surface area contributed by atoms with Gasteiger partial charge >= 0.3 is 0 Å². The maximum atomic E-state index is 13.9. The quantitative estimate of drug-likeness (QED) is 0.139. The number of anilines is 2. The van der Waals surface area contributed by atoms with Crippen LogP contribution >= 0.6 is 0 Å². The molecule has 330 valence electrons. The highest BCUT2D eigenvalue weighted by atomic mass is 32.2. The summed E-state index contributed by atoms with van der Waals surface area (Å²) in [5.74, 6) is -0.259. The van der Waals surface area contributed by atoms with Crippen LogP contribution in [0.5, 0.6) is 0 Å². The molecule has 0 bridgehead atoms. The fourth-order valence-electron chi connectivity index (χ4n) is 10.2. The Bertz CT molecular complexity index is 2690. The second-order valence-corrected chi connectivity index (χ2v) is 22.9. The zero-order valence-electron chi connectivity index (χ0n) is 34.8. The van der Waals surface area contributed by atoms with E-state index in [9.17, 15) is 34.9 Å². The molecule has 1 aliphatic heterocycles. The predicted octanol–water partition coefficient (Wildman–Crippen LogP) is 4.45. The number of hydrogen-bond acceptors (Lipinski definition) is 13. The van der Waals surface area contributed by atoms with E-state index in [1.54, 1.807) is 30.3 Å². The first-order chi connectivity index (χ1) is 28.9. The fourth-order valence-corrected chi connectivity index (χ4v) is 14.8. The van der Waals surface area contributed by atoms with Crippen LogP contribution in [-0.4, -0.2) is 124 Å². The lowest BCUT2D eigenvalue weighted by Gasteiger charge is -2.39. The van der Waals surface area contributed by atoms with Gasteiger partial charge in [0.1, 0.15) is 35.2 Å². The molecule has 3 N–H and O–H groups in total. The van der Waals surface area contributed by atoms with Crippen molar-refractivity contribution in [3.05, 3.63) is 67.0 Å². The van der Waals surface area contributed by atoms with Crippen LogP contribution in [0.3, 0.4) is 0 Å². The van der Waals surface area contributed by atoms with Gasteiger partial charge in [-0.2, -0.15) is 8.42 Å². The van der Waals surface area contributed by atoms with E-state index in [4.69, 9.17) is 0 Å². The number of aryl methyl sites for hydroxylation is 1. The van der Waals surface area contributed by atoms with Gasteiger partial charge in [-0.1, -0.05) is 24.6 Å². The fraction of sp³-hybridized carbons (Fsp3) is 0.561. The summed E-state index contributed by atoms with van der Waals surface area (Å²) in [6.07, 6.45) is 9.57. The lowest BCUT2D eigenvalue weighted by atomic mass is 9.78. The monoisotopic (exact) mass is 897 g/mol. The third-order valence-corrected chi connectivity index (χ3v) is 18.7. The van der Waals surface area contributed by atoms with E-state index in [1.807, 2.05) is 45.1 Å². The molecule has 4 unspecified atom stereocenters. The molecule has 3 fully saturated rings. The third-order valence-electron chi connectivity index (χ3n) is 13.7. The SMILES string of the molecule is Cc1ccc(S(=O)(=O)n2ccc3c(N(C)C4CCC(C(C(O)C5CN(S(=O)(=O)CC6CCC(N(C)c7ncnc8[nH]ccc78)CC6)CC5C)S(=O)(=O)O)CC4)ncnc32)cc1. The first kappa shape index (κ1) is 43.4. The van der Waals surface area contributed by atoms with E-state index >= 15 is 0 Å². The molecule has 61 heavy (non-hydrogen) atoms. The van der Waals surface area contributed by atoms with Crippen molar-refractivity contribution in [2.45, 2.75) is 93.5 Å². The summed E-state index contributed by atoms with van der Waals surface area (Å²) < 4.78 is 94.1. The number of H-pyrrole nitrogens is 1. The Morgan fingerprint density at radius 3 is 2.03 bits per heavy atom. The second kappa shape index (κ2) is 16.8. The van der Waals surface area contributed by atoms with E-state index in [0.717, 1.165) is 52.1 Å². The van der Waals surface area contributed by atoms with Crippen molar-refractivity contribution in [2.24, 2.45) is 23.7 Å². The van der Waals surface area contributed by atoms with E-state index in [0.29, 0.717) is 36.9 Å². The van der Waals surface area contributed by atoms with Crippen molar-refractivity contribution < 1.29 is 34.9 Å². The average molecular weight is 898 g/mol. The molecule has 3 aliphatic rings. The van der Waals surface area contributed by atoms with Crippen LogP contribution in [0.15, 0.2) is 66.3 Å². The lowest BCUT2D eigenvalue weighted by Crippen LogP contribution is -2.48. The Labute approximate surface area is 357 Å². The first-order valence-corrected chi connectivity index (χ1v) is 25.5. The van der Waals surface area contributed by atoms with Crippen LogP contribution in [0.1, 0.15) is 63.9 Å². The van der Waals surface area contributed by atoms with Gasteiger partial charge in [0, 0.05) is 57.6 Å². The van der Waals surface area contributed by atoms with Crippen molar-refractivity contribution in [2.75, 3.05) is 42.7 Å². The van der Waals surface area contributed by atoms with Gasteiger partial charge in [-0.25, -0.2) is 45.0 Å². The number of aromatic amines is 1. The van der Waals surface area contributed by atoms with Gasteiger partial charge < -0.3 is 19.9 Å². The molecule has 2 saturated carbocycles. The summed E-state index contributed by atoms with van der Waals surface area (Å²) in [5.41, 5.74) is 1.93. The largest absolute Gasteiger partial charge is 0.391 e. The predicted molar refractivity (Wildman–Crippen MR) is 233 cm³/mol. The summed E-state index contributed by atoms with van der Waals surface area (Å²) in [6.45, 7) is 3.86. The minimum atomic E-state index is -4.72. The zero-order valence-corrected chi connectivity index (χ0v) is 37.3. The number of hydrogen-bond donors (Lipinski definition) is 3. The maximum absolute atomic E-state index is 13.9. The van der Waals surface area contributed by atoms with Gasteiger partial charge in [0.25, 0.3) is 20.1 Å². The molecule has 17 nitrogen and oxygen atoms in total. The number of benzene rings is 1. The molecule has 0 amide bonds. The molecule has 0 spiro atoms. The molecule has 5 heterocycles. The number of aliphatic hydroxyl groups excluding tert-OH is 1. The summed E-state index contributed by atoms with van der Waals surface area (Å²) in [5, 5.41) is 11.8. The molecule has 1 saturated heterocycles. The van der Waals surface area contributed by atoms with Crippen LogP contribution in [0.25, 0.3) is 22.1 Å². The molecular formula is C41H55N9O8S3. The molecule has 8 rings (SSSR count). The molecule has 1 aromatic carbocycles. The Balaban J connectivity index is 0.888. The van der Waals surface area contributed by atoms with E-state index in [2.05, 4.69) is 29.8 Å². The summed E-state index contributed by atoms with van der Waals surface area (Å²) >= 11 is 0. The number of fused-ring (bicyclic) bond motifs is 2. The smallest absolute Gasteiger partial charge is 0.270 e. The Morgan fingerprint density at radius 1 is 0.787 bits per heavy atom. The number of nitrogens with zero attached hydrogens (tertiary/aromatic N) is 8. The third kappa shape index (κ3) is 8.50. The zero-order chi connectivity index (χ0) is 43.4.